The van der Waals surface area contributed by atoms with E-state index in [1.165, 1.54) is 6.21 Å². The molecule has 7 nitrogen and oxygen atoms in total. The van der Waals surface area contributed by atoms with Crippen LogP contribution in [0.5, 0.6) is 11.5 Å². The largest absolute Gasteiger partial charge is 0.490 e. The van der Waals surface area contributed by atoms with Crippen LogP contribution in [0.4, 0.5) is 5.69 Å². The number of halogens is 2. The van der Waals surface area contributed by atoms with Crippen molar-refractivity contribution in [3.05, 3.63) is 87.9 Å². The van der Waals surface area contributed by atoms with E-state index in [1.807, 2.05) is 37.3 Å². The SMILES string of the molecule is CCOc1cc(/C=N\NC(=O)[C@@H]2CC(=O)N(c3ccc(Cl)cc3)C2)ccc1OCc1ccc(Cl)cc1. The number of hydrazone groups is 1. The summed E-state index contributed by atoms with van der Waals surface area (Å²) in [5.41, 5.74) is 4.96. The van der Waals surface area contributed by atoms with E-state index >= 15 is 0 Å². The first-order valence-corrected chi connectivity index (χ1v) is 12.2. The number of carbonyl (C=O) groups excluding carboxylic acids is 2. The fourth-order valence-electron chi connectivity index (χ4n) is 3.75. The Balaban J connectivity index is 1.35. The Bertz CT molecular complexity index is 1250. The van der Waals surface area contributed by atoms with Gasteiger partial charge in [0.15, 0.2) is 11.5 Å². The highest BCUT2D eigenvalue weighted by Gasteiger charge is 2.35. The van der Waals surface area contributed by atoms with Crippen molar-refractivity contribution in [2.45, 2.75) is 20.0 Å². The maximum atomic E-state index is 12.6. The molecule has 9 heteroatoms. The van der Waals surface area contributed by atoms with Crippen LogP contribution in [0, 0.1) is 5.92 Å². The molecule has 2 amide bonds. The number of hydrogen-bond acceptors (Lipinski definition) is 5. The van der Waals surface area contributed by atoms with Gasteiger partial charge in [-0.05, 0) is 72.6 Å². The van der Waals surface area contributed by atoms with Crippen molar-refractivity contribution < 1.29 is 19.1 Å². The standard InChI is InChI=1S/C27H25Cl2N3O4/c1-2-35-25-13-19(5-12-24(25)36-17-18-3-6-21(28)7-4-18)15-30-31-27(34)20-14-26(33)32(16-20)23-10-8-22(29)9-11-23/h3-13,15,20H,2,14,16-17H2,1H3,(H,31,34)/b30-15-/t20-/m1/s1. The lowest BCUT2D eigenvalue weighted by molar-refractivity contribution is -0.126. The topological polar surface area (TPSA) is 80.2 Å². The fourth-order valence-corrected chi connectivity index (χ4v) is 4.00. The van der Waals surface area contributed by atoms with E-state index < -0.39 is 5.92 Å². The average Bonchev–Trinajstić information content (AvgIpc) is 3.27. The highest BCUT2D eigenvalue weighted by atomic mass is 35.5. The number of amides is 2. The van der Waals surface area contributed by atoms with Crippen molar-refractivity contribution in [1.29, 1.82) is 0 Å². The smallest absolute Gasteiger partial charge is 0.245 e. The number of benzene rings is 3. The Kier molecular flexibility index (Phi) is 8.46. The molecule has 1 atom stereocenters. The first kappa shape index (κ1) is 25.5. The molecule has 3 aromatic rings. The van der Waals surface area contributed by atoms with Gasteiger partial charge in [0.05, 0.1) is 18.7 Å². The summed E-state index contributed by atoms with van der Waals surface area (Å²) in [4.78, 5) is 26.6. The normalized spacial score (nSPS) is 15.4. The van der Waals surface area contributed by atoms with Crippen molar-refractivity contribution >= 4 is 46.9 Å². The van der Waals surface area contributed by atoms with Crippen LogP contribution in [-0.2, 0) is 16.2 Å². The lowest BCUT2D eigenvalue weighted by atomic mass is 10.1. The maximum Gasteiger partial charge on any atom is 0.245 e. The van der Waals surface area contributed by atoms with Gasteiger partial charge in [-0.1, -0.05) is 35.3 Å². The summed E-state index contributed by atoms with van der Waals surface area (Å²) in [6.45, 7) is 3.01. The summed E-state index contributed by atoms with van der Waals surface area (Å²) in [5, 5.41) is 5.33. The van der Waals surface area contributed by atoms with Crippen molar-refractivity contribution in [3.8, 4) is 11.5 Å². The predicted molar refractivity (Wildman–Crippen MR) is 141 cm³/mol. The van der Waals surface area contributed by atoms with Gasteiger partial charge in [0.1, 0.15) is 6.61 Å². The van der Waals surface area contributed by atoms with Crippen LogP contribution >= 0.6 is 23.2 Å². The van der Waals surface area contributed by atoms with Gasteiger partial charge in [0.2, 0.25) is 11.8 Å². The van der Waals surface area contributed by atoms with Crippen LogP contribution in [0.25, 0.3) is 0 Å². The van der Waals surface area contributed by atoms with Crippen molar-refractivity contribution in [2.75, 3.05) is 18.1 Å². The first-order chi connectivity index (χ1) is 17.4. The van der Waals surface area contributed by atoms with Crippen molar-refractivity contribution in [2.24, 2.45) is 11.0 Å². The molecule has 3 aromatic carbocycles. The summed E-state index contributed by atoms with van der Waals surface area (Å²) in [7, 11) is 0. The Labute approximate surface area is 219 Å². The third-order valence-electron chi connectivity index (χ3n) is 5.60. The number of carbonyl (C=O) groups is 2. The predicted octanol–water partition coefficient (Wildman–Crippen LogP) is 5.47. The van der Waals surface area contributed by atoms with E-state index in [4.69, 9.17) is 32.7 Å². The molecule has 1 heterocycles. The second-order valence-corrected chi connectivity index (χ2v) is 9.04. The second-order valence-electron chi connectivity index (χ2n) is 8.17. The van der Waals surface area contributed by atoms with Crippen molar-refractivity contribution in [3.63, 3.8) is 0 Å². The zero-order valence-electron chi connectivity index (χ0n) is 19.6. The lowest BCUT2D eigenvalue weighted by Gasteiger charge is -2.16. The highest BCUT2D eigenvalue weighted by molar-refractivity contribution is 6.30. The summed E-state index contributed by atoms with van der Waals surface area (Å²) in [6, 6.07) is 19.8. The number of ether oxygens (including phenoxy) is 2. The van der Waals surface area contributed by atoms with Gasteiger partial charge >= 0.3 is 0 Å². The number of rotatable bonds is 9. The molecule has 0 aromatic heterocycles. The third-order valence-corrected chi connectivity index (χ3v) is 6.10. The van der Waals surface area contributed by atoms with Gasteiger partial charge in [-0.15, -0.1) is 0 Å². The van der Waals surface area contributed by atoms with Crippen LogP contribution in [0.3, 0.4) is 0 Å². The lowest BCUT2D eigenvalue weighted by Crippen LogP contribution is -2.30. The maximum absolute atomic E-state index is 12.6. The average molecular weight is 526 g/mol. The molecule has 0 saturated carbocycles. The third kappa shape index (κ3) is 6.56. The van der Waals surface area contributed by atoms with Crippen LogP contribution < -0.4 is 19.8 Å². The molecular weight excluding hydrogens is 501 g/mol. The molecule has 0 unspecified atom stereocenters. The second kappa shape index (κ2) is 11.9. The van der Waals surface area contributed by atoms with E-state index in [1.54, 1.807) is 41.3 Å². The molecule has 186 valence electrons. The Morgan fingerprint density at radius 2 is 1.72 bits per heavy atom. The fraction of sp³-hybridized carbons (Fsp3) is 0.222. The Hall–Kier alpha value is -3.55. The number of nitrogens with one attached hydrogen (secondary N) is 1. The Morgan fingerprint density at radius 3 is 2.42 bits per heavy atom. The van der Waals surface area contributed by atoms with E-state index in [0.29, 0.717) is 40.4 Å². The van der Waals surface area contributed by atoms with E-state index in [0.717, 1.165) is 11.1 Å². The summed E-state index contributed by atoms with van der Waals surface area (Å²) < 4.78 is 11.6. The van der Waals surface area contributed by atoms with Gasteiger partial charge in [-0.3, -0.25) is 9.59 Å². The zero-order chi connectivity index (χ0) is 25.5. The van der Waals surface area contributed by atoms with Crippen LogP contribution in [0.15, 0.2) is 71.8 Å². The molecule has 1 saturated heterocycles. The van der Waals surface area contributed by atoms with Gasteiger partial charge in [0.25, 0.3) is 0 Å². The van der Waals surface area contributed by atoms with Crippen molar-refractivity contribution in [1.82, 2.24) is 5.43 Å². The van der Waals surface area contributed by atoms with Gasteiger partial charge in [-0.2, -0.15) is 5.10 Å². The van der Waals surface area contributed by atoms with Gasteiger partial charge in [-0.25, -0.2) is 5.43 Å². The first-order valence-electron chi connectivity index (χ1n) is 11.5. The molecular formula is C27H25Cl2N3O4. The zero-order valence-corrected chi connectivity index (χ0v) is 21.1. The molecule has 36 heavy (non-hydrogen) atoms. The van der Waals surface area contributed by atoms with E-state index in [-0.39, 0.29) is 24.8 Å². The molecule has 4 rings (SSSR count). The van der Waals surface area contributed by atoms with Crippen LogP contribution in [0.1, 0.15) is 24.5 Å². The van der Waals surface area contributed by atoms with E-state index in [9.17, 15) is 9.59 Å². The van der Waals surface area contributed by atoms with Crippen LogP contribution in [0.2, 0.25) is 10.0 Å². The molecule has 0 bridgehead atoms. The molecule has 0 spiro atoms. The number of hydrogen-bond donors (Lipinski definition) is 1. The van der Waals surface area contributed by atoms with E-state index in [2.05, 4.69) is 10.5 Å². The van der Waals surface area contributed by atoms with Gasteiger partial charge in [0, 0.05) is 28.7 Å². The quantitative estimate of drug-likeness (QED) is 0.296. The minimum absolute atomic E-state index is 0.114. The molecule has 1 aliphatic heterocycles. The molecule has 1 N–H and O–H groups in total. The minimum Gasteiger partial charge on any atom is -0.490 e. The molecule has 0 radical (unpaired) electrons. The summed E-state index contributed by atoms with van der Waals surface area (Å²) in [5.74, 6) is 0.246. The van der Waals surface area contributed by atoms with Gasteiger partial charge < -0.3 is 14.4 Å². The monoisotopic (exact) mass is 525 g/mol. The van der Waals surface area contributed by atoms with Crippen LogP contribution in [-0.4, -0.2) is 31.2 Å². The molecule has 1 fully saturated rings. The molecule has 0 aliphatic carbocycles. The highest BCUT2D eigenvalue weighted by Crippen LogP contribution is 2.29. The summed E-state index contributed by atoms with van der Waals surface area (Å²) >= 11 is 11.9. The minimum atomic E-state index is -0.493. The number of anilines is 1. The number of nitrogens with zero attached hydrogens (tertiary/aromatic N) is 2. The molecule has 1 aliphatic rings. The Morgan fingerprint density at radius 1 is 1.03 bits per heavy atom. The summed E-state index contributed by atoms with van der Waals surface area (Å²) in [6.07, 6.45) is 1.65.